The number of hydrogen-bond acceptors (Lipinski definition) is 2. The maximum atomic E-state index is 11.9. The van der Waals surface area contributed by atoms with Crippen molar-refractivity contribution in [1.82, 2.24) is 10.3 Å². The third-order valence-electron chi connectivity index (χ3n) is 2.69. The number of rotatable bonds is 3. The van der Waals surface area contributed by atoms with Crippen molar-refractivity contribution in [3.63, 3.8) is 0 Å². The summed E-state index contributed by atoms with van der Waals surface area (Å²) in [7, 11) is 0. The highest BCUT2D eigenvalue weighted by atomic mass is 16.1. The monoisotopic (exact) mass is 228 g/mol. The molecule has 1 aromatic carbocycles. The predicted molar refractivity (Wildman–Crippen MR) is 69.1 cm³/mol. The SMILES string of the molecule is CCCNC(=O)c1cc2ccccc2nc1C. The van der Waals surface area contributed by atoms with Gasteiger partial charge in [0.2, 0.25) is 0 Å². The highest BCUT2D eigenvalue weighted by Crippen LogP contribution is 2.16. The van der Waals surface area contributed by atoms with E-state index in [1.165, 1.54) is 0 Å². The molecule has 0 radical (unpaired) electrons. The maximum Gasteiger partial charge on any atom is 0.253 e. The summed E-state index contributed by atoms with van der Waals surface area (Å²) >= 11 is 0. The van der Waals surface area contributed by atoms with Crippen molar-refractivity contribution < 1.29 is 4.79 Å². The molecule has 88 valence electrons. The van der Waals surface area contributed by atoms with Crippen LogP contribution in [-0.2, 0) is 0 Å². The summed E-state index contributed by atoms with van der Waals surface area (Å²) < 4.78 is 0. The number of hydrogen-bond donors (Lipinski definition) is 1. The molecule has 0 bridgehead atoms. The molecule has 1 heterocycles. The summed E-state index contributed by atoms with van der Waals surface area (Å²) in [6.45, 7) is 4.60. The Kier molecular flexibility index (Phi) is 3.38. The van der Waals surface area contributed by atoms with Crippen molar-refractivity contribution in [3.8, 4) is 0 Å². The Bertz CT molecular complexity index is 549. The minimum atomic E-state index is -0.0393. The van der Waals surface area contributed by atoms with E-state index in [-0.39, 0.29) is 5.91 Å². The number of amides is 1. The van der Waals surface area contributed by atoms with E-state index in [4.69, 9.17) is 0 Å². The van der Waals surface area contributed by atoms with Crippen LogP contribution in [0.5, 0.6) is 0 Å². The Morgan fingerprint density at radius 3 is 2.88 bits per heavy atom. The van der Waals surface area contributed by atoms with Crippen molar-refractivity contribution >= 4 is 16.8 Å². The summed E-state index contributed by atoms with van der Waals surface area (Å²) in [4.78, 5) is 16.4. The fourth-order valence-electron chi connectivity index (χ4n) is 1.78. The summed E-state index contributed by atoms with van der Waals surface area (Å²) in [6, 6.07) is 9.73. The topological polar surface area (TPSA) is 42.0 Å². The molecule has 17 heavy (non-hydrogen) atoms. The second-order valence-corrected chi connectivity index (χ2v) is 4.07. The predicted octanol–water partition coefficient (Wildman–Crippen LogP) is 2.68. The quantitative estimate of drug-likeness (QED) is 0.877. The molecule has 3 heteroatoms. The van der Waals surface area contributed by atoms with Gasteiger partial charge in [0.05, 0.1) is 16.8 Å². The van der Waals surface area contributed by atoms with Crippen LogP contribution in [-0.4, -0.2) is 17.4 Å². The number of fused-ring (bicyclic) bond motifs is 1. The minimum Gasteiger partial charge on any atom is -0.352 e. The Morgan fingerprint density at radius 1 is 1.35 bits per heavy atom. The van der Waals surface area contributed by atoms with Crippen molar-refractivity contribution in [3.05, 3.63) is 41.6 Å². The van der Waals surface area contributed by atoms with Gasteiger partial charge in [-0.1, -0.05) is 25.1 Å². The molecule has 0 aliphatic heterocycles. The largest absolute Gasteiger partial charge is 0.352 e. The number of aromatic nitrogens is 1. The number of carbonyl (C=O) groups is 1. The number of para-hydroxylation sites is 1. The van der Waals surface area contributed by atoms with E-state index in [1.807, 2.05) is 44.2 Å². The van der Waals surface area contributed by atoms with Gasteiger partial charge in [-0.05, 0) is 25.5 Å². The smallest absolute Gasteiger partial charge is 0.253 e. The Morgan fingerprint density at radius 2 is 2.12 bits per heavy atom. The molecule has 0 saturated heterocycles. The second kappa shape index (κ2) is 4.95. The molecule has 2 aromatic rings. The van der Waals surface area contributed by atoms with Gasteiger partial charge in [0, 0.05) is 11.9 Å². The van der Waals surface area contributed by atoms with Crippen LogP contribution >= 0.6 is 0 Å². The first-order valence-electron chi connectivity index (χ1n) is 5.87. The van der Waals surface area contributed by atoms with Gasteiger partial charge in [0.25, 0.3) is 5.91 Å². The van der Waals surface area contributed by atoms with Gasteiger partial charge in [-0.2, -0.15) is 0 Å². The highest BCUT2D eigenvalue weighted by Gasteiger charge is 2.10. The average Bonchev–Trinajstić information content (AvgIpc) is 2.35. The van der Waals surface area contributed by atoms with E-state index >= 15 is 0 Å². The molecular weight excluding hydrogens is 212 g/mol. The van der Waals surface area contributed by atoms with Crippen LogP contribution in [0.15, 0.2) is 30.3 Å². The Labute approximate surface area is 101 Å². The van der Waals surface area contributed by atoms with E-state index in [0.29, 0.717) is 12.1 Å². The number of nitrogens with zero attached hydrogens (tertiary/aromatic N) is 1. The lowest BCUT2D eigenvalue weighted by molar-refractivity contribution is 0.0953. The van der Waals surface area contributed by atoms with E-state index in [9.17, 15) is 4.79 Å². The van der Waals surface area contributed by atoms with Gasteiger partial charge in [-0.15, -0.1) is 0 Å². The summed E-state index contributed by atoms with van der Waals surface area (Å²) in [5.74, 6) is -0.0393. The van der Waals surface area contributed by atoms with Crippen molar-refractivity contribution in [2.45, 2.75) is 20.3 Å². The minimum absolute atomic E-state index is 0.0393. The summed E-state index contributed by atoms with van der Waals surface area (Å²) in [6.07, 6.45) is 0.936. The molecule has 1 aromatic heterocycles. The third kappa shape index (κ3) is 2.44. The first kappa shape index (κ1) is 11.6. The zero-order valence-electron chi connectivity index (χ0n) is 10.2. The number of pyridine rings is 1. The summed E-state index contributed by atoms with van der Waals surface area (Å²) in [5.41, 5.74) is 2.37. The molecule has 0 aliphatic rings. The lowest BCUT2D eigenvalue weighted by atomic mass is 10.1. The van der Waals surface area contributed by atoms with E-state index in [0.717, 1.165) is 23.0 Å². The van der Waals surface area contributed by atoms with Crippen LogP contribution in [0.1, 0.15) is 29.4 Å². The van der Waals surface area contributed by atoms with Gasteiger partial charge >= 0.3 is 0 Å². The lowest BCUT2D eigenvalue weighted by Gasteiger charge is -2.07. The van der Waals surface area contributed by atoms with Gasteiger partial charge in [-0.25, -0.2) is 0 Å². The van der Waals surface area contributed by atoms with Crippen molar-refractivity contribution in [2.75, 3.05) is 6.54 Å². The lowest BCUT2D eigenvalue weighted by Crippen LogP contribution is -2.25. The van der Waals surface area contributed by atoms with Crippen LogP contribution in [0.4, 0.5) is 0 Å². The molecule has 3 nitrogen and oxygen atoms in total. The third-order valence-corrected chi connectivity index (χ3v) is 2.69. The van der Waals surface area contributed by atoms with Crippen molar-refractivity contribution in [1.29, 1.82) is 0 Å². The molecule has 0 spiro atoms. The Balaban J connectivity index is 2.40. The number of nitrogens with one attached hydrogen (secondary N) is 1. The van der Waals surface area contributed by atoms with Crippen molar-refractivity contribution in [2.24, 2.45) is 0 Å². The number of aryl methyl sites for hydroxylation is 1. The number of carbonyl (C=O) groups excluding carboxylic acids is 1. The first-order valence-corrected chi connectivity index (χ1v) is 5.87. The fourth-order valence-corrected chi connectivity index (χ4v) is 1.78. The van der Waals surface area contributed by atoms with Gasteiger partial charge < -0.3 is 5.32 Å². The molecule has 1 N–H and O–H groups in total. The van der Waals surface area contributed by atoms with Crippen LogP contribution in [0.3, 0.4) is 0 Å². The van der Waals surface area contributed by atoms with Crippen LogP contribution < -0.4 is 5.32 Å². The zero-order valence-corrected chi connectivity index (χ0v) is 10.2. The van der Waals surface area contributed by atoms with Gasteiger partial charge in [0.15, 0.2) is 0 Å². The number of benzene rings is 1. The molecule has 0 saturated carbocycles. The van der Waals surface area contributed by atoms with E-state index in [1.54, 1.807) is 0 Å². The first-order chi connectivity index (χ1) is 8.22. The molecule has 0 atom stereocenters. The van der Waals surface area contributed by atoms with E-state index in [2.05, 4.69) is 10.3 Å². The standard InChI is InChI=1S/C14H16N2O/c1-3-8-15-14(17)12-9-11-6-4-5-7-13(11)16-10(12)2/h4-7,9H,3,8H2,1-2H3,(H,15,17). The van der Waals surface area contributed by atoms with Crippen LogP contribution in [0.25, 0.3) is 10.9 Å². The molecule has 1 amide bonds. The maximum absolute atomic E-state index is 11.9. The second-order valence-electron chi connectivity index (χ2n) is 4.07. The molecule has 0 fully saturated rings. The van der Waals surface area contributed by atoms with Crippen LogP contribution in [0.2, 0.25) is 0 Å². The molecule has 2 rings (SSSR count). The molecular formula is C14H16N2O. The Hall–Kier alpha value is -1.90. The van der Waals surface area contributed by atoms with Gasteiger partial charge in [-0.3, -0.25) is 9.78 Å². The van der Waals surface area contributed by atoms with Gasteiger partial charge in [0.1, 0.15) is 0 Å². The fraction of sp³-hybridized carbons (Fsp3) is 0.286. The van der Waals surface area contributed by atoms with E-state index < -0.39 is 0 Å². The van der Waals surface area contributed by atoms with Crippen LogP contribution in [0, 0.1) is 6.92 Å². The molecule has 0 aliphatic carbocycles. The molecule has 0 unspecified atom stereocenters. The normalized spacial score (nSPS) is 10.5. The highest BCUT2D eigenvalue weighted by molar-refractivity contribution is 5.98. The average molecular weight is 228 g/mol. The zero-order chi connectivity index (χ0) is 12.3. The summed E-state index contributed by atoms with van der Waals surface area (Å²) in [5, 5.41) is 3.87.